The molecule has 0 bridgehead atoms. The van der Waals surface area contributed by atoms with E-state index in [9.17, 15) is 4.79 Å². The van der Waals surface area contributed by atoms with E-state index in [1.165, 1.54) is 44.9 Å². The van der Waals surface area contributed by atoms with E-state index in [2.05, 4.69) is 19.2 Å². The van der Waals surface area contributed by atoms with Crippen molar-refractivity contribution < 1.29 is 9.90 Å². The first-order valence-corrected chi connectivity index (χ1v) is 8.74. The number of hydrogen-bond donors (Lipinski definition) is 3. The Kier molecular flexibility index (Phi) is 20.9. The molecule has 0 aliphatic heterocycles. The van der Waals surface area contributed by atoms with Gasteiger partial charge in [0.25, 0.3) is 0 Å². The molecule has 0 aromatic carbocycles. The Morgan fingerprint density at radius 2 is 1.43 bits per heavy atom. The van der Waals surface area contributed by atoms with Crippen LogP contribution >= 0.6 is 0 Å². The lowest BCUT2D eigenvalue weighted by atomic mass is 10.1. The van der Waals surface area contributed by atoms with E-state index < -0.39 is 0 Å². The summed E-state index contributed by atoms with van der Waals surface area (Å²) in [6.07, 6.45) is 12.8. The van der Waals surface area contributed by atoms with Crippen molar-refractivity contribution in [2.75, 3.05) is 6.54 Å². The zero-order valence-corrected chi connectivity index (χ0v) is 14.5. The van der Waals surface area contributed by atoms with Crippen molar-refractivity contribution in [2.24, 2.45) is 5.73 Å². The number of aliphatic hydroxyl groups excluding tert-OH is 1. The fourth-order valence-corrected chi connectivity index (χ4v) is 1.96. The zero-order chi connectivity index (χ0) is 16.3. The Morgan fingerprint density at radius 3 is 1.76 bits per heavy atom. The van der Waals surface area contributed by atoms with Gasteiger partial charge in [-0.25, -0.2) is 0 Å². The predicted molar refractivity (Wildman–Crippen MR) is 91.0 cm³/mol. The molecule has 4 nitrogen and oxygen atoms in total. The molecular formula is C17H38N2O2. The highest BCUT2D eigenvalue weighted by atomic mass is 16.3. The van der Waals surface area contributed by atoms with E-state index in [1.54, 1.807) is 6.92 Å². The number of aliphatic hydroxyl groups is 1. The summed E-state index contributed by atoms with van der Waals surface area (Å²) in [6.45, 7) is 6.92. The molecule has 21 heavy (non-hydrogen) atoms. The summed E-state index contributed by atoms with van der Waals surface area (Å²) in [5.41, 5.74) is 5.05. The van der Waals surface area contributed by atoms with Gasteiger partial charge in [-0.3, -0.25) is 10.1 Å². The number of carbonyl (C=O) groups is 1. The molecule has 0 fully saturated rings. The lowest BCUT2D eigenvalue weighted by Gasteiger charge is -2.02. The quantitative estimate of drug-likeness (QED) is 0.358. The van der Waals surface area contributed by atoms with E-state index in [-0.39, 0.29) is 12.1 Å². The van der Waals surface area contributed by atoms with Crippen LogP contribution in [0.1, 0.15) is 91.4 Å². The molecule has 0 rings (SSSR count). The van der Waals surface area contributed by atoms with Crippen LogP contribution in [0.25, 0.3) is 0 Å². The topological polar surface area (TPSA) is 75.4 Å². The lowest BCUT2D eigenvalue weighted by Crippen LogP contribution is -2.25. The minimum absolute atomic E-state index is 0.159. The molecule has 0 spiro atoms. The number of nitrogens with two attached hydrogens (primary N) is 1. The smallest absolute Gasteiger partial charge is 0.217 e. The lowest BCUT2D eigenvalue weighted by molar-refractivity contribution is -0.118. The Bertz CT molecular complexity index is 209. The second-order valence-corrected chi connectivity index (χ2v) is 5.67. The van der Waals surface area contributed by atoms with Crippen LogP contribution < -0.4 is 11.1 Å². The van der Waals surface area contributed by atoms with Gasteiger partial charge in [-0.2, -0.15) is 0 Å². The third-order valence-corrected chi connectivity index (χ3v) is 3.22. The molecule has 1 atom stereocenters. The first kappa shape index (κ1) is 22.7. The maximum Gasteiger partial charge on any atom is 0.217 e. The molecular weight excluding hydrogens is 264 g/mol. The number of amides is 1. The largest absolute Gasteiger partial charge is 0.379 e. The molecule has 1 amide bonds. The zero-order valence-electron chi connectivity index (χ0n) is 14.5. The Hall–Kier alpha value is -0.610. The minimum Gasteiger partial charge on any atom is -0.379 e. The van der Waals surface area contributed by atoms with E-state index in [4.69, 9.17) is 10.8 Å². The van der Waals surface area contributed by atoms with Crippen molar-refractivity contribution in [3.63, 3.8) is 0 Å². The summed E-state index contributed by atoms with van der Waals surface area (Å²) >= 11 is 0. The van der Waals surface area contributed by atoms with E-state index in [0.29, 0.717) is 6.42 Å². The van der Waals surface area contributed by atoms with Gasteiger partial charge in [-0.05, 0) is 26.3 Å². The SMILES string of the molecule is CCCCCCCCCCCC(N)=O.CCCNC(C)O. The summed E-state index contributed by atoms with van der Waals surface area (Å²) in [4.78, 5) is 10.4. The van der Waals surface area contributed by atoms with Crippen LogP contribution in [0.3, 0.4) is 0 Å². The van der Waals surface area contributed by atoms with Crippen LogP contribution in [0, 0.1) is 0 Å². The fourth-order valence-electron chi connectivity index (χ4n) is 1.96. The van der Waals surface area contributed by atoms with Crippen molar-refractivity contribution in [3.8, 4) is 0 Å². The van der Waals surface area contributed by atoms with Crippen LogP contribution in [-0.2, 0) is 4.79 Å². The number of unbranched alkanes of at least 4 members (excludes halogenated alkanes) is 8. The molecule has 0 saturated heterocycles. The average molecular weight is 303 g/mol. The molecule has 4 N–H and O–H groups in total. The fraction of sp³-hybridized carbons (Fsp3) is 0.941. The van der Waals surface area contributed by atoms with Crippen LogP contribution in [0.15, 0.2) is 0 Å². The highest BCUT2D eigenvalue weighted by Crippen LogP contribution is 2.10. The van der Waals surface area contributed by atoms with E-state index in [0.717, 1.165) is 25.8 Å². The van der Waals surface area contributed by atoms with Crippen molar-refractivity contribution in [1.29, 1.82) is 0 Å². The standard InChI is InChI=1S/C12H25NO.C5H13NO/c1-2-3-4-5-6-7-8-9-10-11-12(13)14;1-3-4-6-5(2)7/h2-11H2,1H3,(H2,13,14);5-7H,3-4H2,1-2H3. The summed E-state index contributed by atoms with van der Waals surface area (Å²) in [7, 11) is 0. The van der Waals surface area contributed by atoms with E-state index >= 15 is 0 Å². The van der Waals surface area contributed by atoms with Gasteiger partial charge in [-0.15, -0.1) is 0 Å². The molecule has 0 aliphatic rings. The maximum atomic E-state index is 10.4. The molecule has 0 aromatic rings. The monoisotopic (exact) mass is 302 g/mol. The van der Waals surface area contributed by atoms with Gasteiger partial charge in [0.15, 0.2) is 0 Å². The van der Waals surface area contributed by atoms with Gasteiger partial charge in [0.2, 0.25) is 5.91 Å². The first-order valence-electron chi connectivity index (χ1n) is 8.74. The number of carbonyl (C=O) groups excluding carboxylic acids is 1. The summed E-state index contributed by atoms with van der Waals surface area (Å²) in [5.74, 6) is -0.159. The maximum absolute atomic E-state index is 10.4. The van der Waals surface area contributed by atoms with E-state index in [1.807, 2.05) is 0 Å². The third kappa shape index (κ3) is 28.3. The highest BCUT2D eigenvalue weighted by molar-refractivity contribution is 5.73. The predicted octanol–water partition coefficient (Wildman–Crippen LogP) is 3.72. The molecule has 0 radical (unpaired) electrons. The molecule has 0 heterocycles. The average Bonchev–Trinajstić information content (AvgIpc) is 2.43. The van der Waals surface area contributed by atoms with Crippen molar-refractivity contribution in [3.05, 3.63) is 0 Å². The second-order valence-electron chi connectivity index (χ2n) is 5.67. The molecule has 0 saturated carbocycles. The number of nitrogens with one attached hydrogen (secondary N) is 1. The first-order chi connectivity index (χ1) is 10.0. The van der Waals surface area contributed by atoms with Crippen molar-refractivity contribution in [2.45, 2.75) is 97.6 Å². The third-order valence-electron chi connectivity index (χ3n) is 3.22. The summed E-state index contributed by atoms with van der Waals surface area (Å²) in [6, 6.07) is 0. The van der Waals surface area contributed by atoms with Crippen LogP contribution in [-0.4, -0.2) is 23.8 Å². The van der Waals surface area contributed by atoms with Crippen LogP contribution in [0.4, 0.5) is 0 Å². The van der Waals surface area contributed by atoms with Gasteiger partial charge >= 0.3 is 0 Å². The Morgan fingerprint density at radius 1 is 0.952 bits per heavy atom. The molecule has 0 aromatic heterocycles. The van der Waals surface area contributed by atoms with Crippen molar-refractivity contribution >= 4 is 5.91 Å². The molecule has 1 unspecified atom stereocenters. The van der Waals surface area contributed by atoms with Gasteiger partial charge in [-0.1, -0.05) is 65.2 Å². The van der Waals surface area contributed by atoms with Crippen LogP contribution in [0.5, 0.6) is 0 Å². The van der Waals surface area contributed by atoms with Gasteiger partial charge in [0, 0.05) is 6.42 Å². The minimum atomic E-state index is -0.347. The number of primary amides is 1. The molecule has 4 heteroatoms. The van der Waals surface area contributed by atoms with Crippen LogP contribution in [0.2, 0.25) is 0 Å². The van der Waals surface area contributed by atoms with Gasteiger partial charge in [0.1, 0.15) is 6.23 Å². The normalized spacial score (nSPS) is 11.6. The Labute approximate surface area is 131 Å². The Balaban J connectivity index is 0. The summed E-state index contributed by atoms with van der Waals surface area (Å²) < 4.78 is 0. The summed E-state index contributed by atoms with van der Waals surface area (Å²) in [5, 5.41) is 11.4. The molecule has 0 aliphatic carbocycles. The second kappa shape index (κ2) is 19.4. The highest BCUT2D eigenvalue weighted by Gasteiger charge is 1.94. The molecule has 128 valence electrons. The number of hydrogen-bond acceptors (Lipinski definition) is 3. The van der Waals surface area contributed by atoms with Gasteiger partial charge < -0.3 is 10.8 Å². The number of rotatable bonds is 13. The van der Waals surface area contributed by atoms with Gasteiger partial charge in [0.05, 0.1) is 0 Å². The van der Waals surface area contributed by atoms with Crippen molar-refractivity contribution in [1.82, 2.24) is 5.32 Å².